The molecule has 1 heterocycles. The van der Waals surface area contributed by atoms with Crippen molar-refractivity contribution in [3.8, 4) is 6.07 Å². The van der Waals surface area contributed by atoms with Crippen LogP contribution in [0.5, 0.6) is 0 Å². The third-order valence-corrected chi connectivity index (χ3v) is 3.68. The lowest BCUT2D eigenvalue weighted by Crippen LogP contribution is -1.94. The van der Waals surface area contributed by atoms with Gasteiger partial charge in [-0.3, -0.25) is 0 Å². The van der Waals surface area contributed by atoms with Crippen molar-refractivity contribution in [2.45, 2.75) is 0 Å². The fraction of sp³-hybridized carbons (Fsp3) is 0. The van der Waals surface area contributed by atoms with Gasteiger partial charge in [-0.2, -0.15) is 5.26 Å². The van der Waals surface area contributed by atoms with Crippen LogP contribution in [-0.4, -0.2) is 4.98 Å². The molecule has 0 bridgehead atoms. The minimum atomic E-state index is 0.293. The van der Waals surface area contributed by atoms with Crippen LogP contribution in [0.1, 0.15) is 5.56 Å². The second-order valence-electron chi connectivity index (χ2n) is 4.51. The third-order valence-electron chi connectivity index (χ3n) is 3.00. The molecule has 21 heavy (non-hydrogen) atoms. The first-order valence-electron chi connectivity index (χ1n) is 6.18. The van der Waals surface area contributed by atoms with E-state index in [4.69, 9.17) is 16.9 Å². The van der Waals surface area contributed by atoms with Crippen molar-refractivity contribution in [3.63, 3.8) is 0 Å². The summed E-state index contributed by atoms with van der Waals surface area (Å²) in [6, 6.07) is 17.4. The molecule has 2 aromatic carbocycles. The molecule has 1 N–H and O–H groups in total. The highest BCUT2D eigenvalue weighted by Crippen LogP contribution is 2.25. The number of aromatic nitrogens is 1. The zero-order chi connectivity index (χ0) is 14.8. The van der Waals surface area contributed by atoms with Gasteiger partial charge in [0.2, 0.25) is 0 Å². The van der Waals surface area contributed by atoms with Crippen LogP contribution in [-0.2, 0) is 0 Å². The average Bonchev–Trinajstić information content (AvgIpc) is 2.47. The van der Waals surface area contributed by atoms with Gasteiger partial charge in [0.1, 0.15) is 11.0 Å². The predicted molar refractivity (Wildman–Crippen MR) is 88.9 cm³/mol. The number of rotatable bonds is 2. The normalized spacial score (nSPS) is 10.3. The van der Waals surface area contributed by atoms with E-state index in [9.17, 15) is 0 Å². The number of hydrogen-bond donors (Lipinski definition) is 1. The molecule has 0 spiro atoms. The molecule has 0 unspecified atom stereocenters. The Morgan fingerprint density at radius 1 is 1.05 bits per heavy atom. The number of fused-ring (bicyclic) bond motifs is 1. The summed E-state index contributed by atoms with van der Waals surface area (Å²) in [5.74, 6) is 0.551. The summed E-state index contributed by atoms with van der Waals surface area (Å²) < 4.78 is 1.05. The molecular weight excluding hydrogens is 350 g/mol. The summed E-state index contributed by atoms with van der Waals surface area (Å²) in [6.45, 7) is 0. The number of hydrogen-bond acceptors (Lipinski definition) is 3. The molecule has 0 atom stereocenters. The summed E-state index contributed by atoms with van der Waals surface area (Å²) in [7, 11) is 0. The van der Waals surface area contributed by atoms with Gasteiger partial charge in [0.05, 0.1) is 11.6 Å². The Balaban J connectivity index is 1.96. The Bertz CT molecular complexity index is 871. The van der Waals surface area contributed by atoms with Crippen LogP contribution in [0.3, 0.4) is 0 Å². The van der Waals surface area contributed by atoms with E-state index in [-0.39, 0.29) is 0 Å². The average molecular weight is 359 g/mol. The molecule has 0 aliphatic rings. The fourth-order valence-electron chi connectivity index (χ4n) is 2.07. The van der Waals surface area contributed by atoms with Crippen molar-refractivity contribution in [2.75, 3.05) is 5.32 Å². The number of pyridine rings is 1. The Morgan fingerprint density at radius 3 is 2.62 bits per heavy atom. The topological polar surface area (TPSA) is 48.7 Å². The van der Waals surface area contributed by atoms with E-state index in [0.717, 1.165) is 20.9 Å². The van der Waals surface area contributed by atoms with Gasteiger partial charge in [-0.05, 0) is 47.2 Å². The zero-order valence-corrected chi connectivity index (χ0v) is 13.1. The lowest BCUT2D eigenvalue weighted by atomic mass is 10.1. The number of nitrogens with zero attached hydrogens (tertiary/aromatic N) is 2. The van der Waals surface area contributed by atoms with Crippen LogP contribution in [0.15, 0.2) is 53.0 Å². The molecule has 3 aromatic rings. The van der Waals surface area contributed by atoms with Crippen LogP contribution >= 0.6 is 27.5 Å². The molecule has 0 fully saturated rings. The first-order chi connectivity index (χ1) is 10.1. The first kappa shape index (κ1) is 13.9. The summed E-state index contributed by atoms with van der Waals surface area (Å²) in [5, 5.41) is 14.7. The van der Waals surface area contributed by atoms with Crippen molar-refractivity contribution >= 4 is 49.8 Å². The van der Waals surface area contributed by atoms with Gasteiger partial charge in [0.25, 0.3) is 0 Å². The van der Waals surface area contributed by atoms with Gasteiger partial charge >= 0.3 is 0 Å². The van der Waals surface area contributed by atoms with E-state index in [1.54, 1.807) is 6.07 Å². The van der Waals surface area contributed by atoms with Crippen LogP contribution in [0.4, 0.5) is 11.5 Å². The molecule has 0 aliphatic heterocycles. The standard InChI is InChI=1S/C16H9BrClN3/c17-13-3-1-12-8-14(4-2-11(12)7-13)20-16-6-10(9-19)5-15(18)21-16/h1-8H,(H,20,21). The van der Waals surface area contributed by atoms with Gasteiger partial charge in [-0.1, -0.05) is 39.7 Å². The van der Waals surface area contributed by atoms with E-state index < -0.39 is 0 Å². The van der Waals surface area contributed by atoms with Crippen molar-refractivity contribution in [3.05, 3.63) is 63.7 Å². The predicted octanol–water partition coefficient (Wildman–Crippen LogP) is 5.27. The van der Waals surface area contributed by atoms with Crippen molar-refractivity contribution in [1.29, 1.82) is 5.26 Å². The van der Waals surface area contributed by atoms with Crippen molar-refractivity contribution in [2.24, 2.45) is 0 Å². The van der Waals surface area contributed by atoms with E-state index in [1.165, 1.54) is 6.07 Å². The Morgan fingerprint density at radius 2 is 1.81 bits per heavy atom. The molecule has 0 amide bonds. The summed E-state index contributed by atoms with van der Waals surface area (Å²) in [5.41, 5.74) is 1.37. The minimum absolute atomic E-state index is 0.293. The summed E-state index contributed by atoms with van der Waals surface area (Å²) in [6.07, 6.45) is 0. The molecule has 0 saturated heterocycles. The monoisotopic (exact) mass is 357 g/mol. The number of anilines is 2. The van der Waals surface area contributed by atoms with Gasteiger partial charge in [0.15, 0.2) is 0 Å². The number of nitriles is 1. The third kappa shape index (κ3) is 3.15. The Labute approximate surface area is 135 Å². The van der Waals surface area contributed by atoms with Crippen molar-refractivity contribution in [1.82, 2.24) is 4.98 Å². The molecule has 3 nitrogen and oxygen atoms in total. The van der Waals surface area contributed by atoms with E-state index >= 15 is 0 Å². The quantitative estimate of drug-likeness (QED) is 0.635. The maximum Gasteiger partial charge on any atom is 0.133 e. The lowest BCUT2D eigenvalue weighted by Gasteiger charge is -2.08. The number of benzene rings is 2. The van der Waals surface area contributed by atoms with Gasteiger partial charge in [0, 0.05) is 10.2 Å². The molecular formula is C16H9BrClN3. The molecule has 0 saturated carbocycles. The van der Waals surface area contributed by atoms with Crippen molar-refractivity contribution < 1.29 is 0 Å². The maximum atomic E-state index is 8.95. The SMILES string of the molecule is N#Cc1cc(Cl)nc(Nc2ccc3cc(Br)ccc3c2)c1. The zero-order valence-electron chi connectivity index (χ0n) is 10.8. The van der Waals surface area contributed by atoms with E-state index in [1.807, 2.05) is 30.3 Å². The smallest absolute Gasteiger partial charge is 0.133 e. The highest BCUT2D eigenvalue weighted by atomic mass is 79.9. The van der Waals surface area contributed by atoms with Gasteiger partial charge in [-0.15, -0.1) is 0 Å². The Hall–Kier alpha value is -2.09. The highest BCUT2D eigenvalue weighted by molar-refractivity contribution is 9.10. The Kier molecular flexibility index (Phi) is 3.78. The second kappa shape index (κ2) is 5.72. The van der Waals surface area contributed by atoms with Crippen LogP contribution in [0.25, 0.3) is 10.8 Å². The highest BCUT2D eigenvalue weighted by Gasteiger charge is 2.03. The van der Waals surface area contributed by atoms with E-state index in [0.29, 0.717) is 16.5 Å². The summed E-state index contributed by atoms with van der Waals surface area (Å²) >= 11 is 9.36. The van der Waals surface area contributed by atoms with Gasteiger partial charge < -0.3 is 5.32 Å². The molecule has 0 radical (unpaired) electrons. The largest absolute Gasteiger partial charge is 0.340 e. The maximum absolute atomic E-state index is 8.95. The summed E-state index contributed by atoms with van der Waals surface area (Å²) in [4.78, 5) is 4.17. The molecule has 5 heteroatoms. The van der Waals surface area contributed by atoms with Crippen LogP contribution in [0.2, 0.25) is 5.15 Å². The molecule has 3 rings (SSSR count). The number of halogens is 2. The van der Waals surface area contributed by atoms with Crippen LogP contribution < -0.4 is 5.32 Å². The number of nitrogens with one attached hydrogen (secondary N) is 1. The fourth-order valence-corrected chi connectivity index (χ4v) is 2.66. The minimum Gasteiger partial charge on any atom is -0.340 e. The lowest BCUT2D eigenvalue weighted by molar-refractivity contribution is 1.29. The first-order valence-corrected chi connectivity index (χ1v) is 7.35. The van der Waals surface area contributed by atoms with Crippen LogP contribution in [0, 0.1) is 11.3 Å². The second-order valence-corrected chi connectivity index (χ2v) is 5.81. The molecule has 102 valence electrons. The molecule has 0 aliphatic carbocycles. The molecule has 1 aromatic heterocycles. The van der Waals surface area contributed by atoms with E-state index in [2.05, 4.69) is 38.4 Å². The van der Waals surface area contributed by atoms with Gasteiger partial charge in [-0.25, -0.2) is 4.98 Å².